The van der Waals surface area contributed by atoms with Crippen LogP contribution >= 0.6 is 11.3 Å². The zero-order valence-electron chi connectivity index (χ0n) is 22.2. The van der Waals surface area contributed by atoms with Crippen LogP contribution in [0.5, 0.6) is 5.75 Å². The van der Waals surface area contributed by atoms with Gasteiger partial charge < -0.3 is 10.1 Å². The van der Waals surface area contributed by atoms with E-state index in [9.17, 15) is 18.0 Å². The van der Waals surface area contributed by atoms with Crippen molar-refractivity contribution >= 4 is 32.9 Å². The molecule has 0 aliphatic carbocycles. The predicted molar refractivity (Wildman–Crippen MR) is 144 cm³/mol. The summed E-state index contributed by atoms with van der Waals surface area (Å²) < 4.78 is 28.6. The zero-order chi connectivity index (χ0) is 26.6. The second-order valence-corrected chi connectivity index (χ2v) is 13.6. The Balaban J connectivity index is 2.32. The molecule has 0 bridgehead atoms. The van der Waals surface area contributed by atoms with E-state index in [0.29, 0.717) is 10.6 Å². The summed E-state index contributed by atoms with van der Waals surface area (Å²) >= 11 is 1.47. The van der Waals surface area contributed by atoms with E-state index < -0.39 is 15.3 Å². The van der Waals surface area contributed by atoms with E-state index in [1.165, 1.54) is 11.3 Å². The Morgan fingerprint density at radius 1 is 1.03 bits per heavy atom. The number of benzene rings is 1. The van der Waals surface area contributed by atoms with Crippen LogP contribution in [0.25, 0.3) is 0 Å². The summed E-state index contributed by atoms with van der Waals surface area (Å²) in [5, 5.41) is 2.74. The van der Waals surface area contributed by atoms with Crippen molar-refractivity contribution < 1.29 is 22.7 Å². The average Bonchev–Trinajstić information content (AvgIpc) is 3.14. The molecule has 1 heterocycles. The molecule has 0 aliphatic heterocycles. The van der Waals surface area contributed by atoms with Gasteiger partial charge in [0.2, 0.25) is 0 Å². The number of aryl methyl sites for hydroxylation is 2. The van der Waals surface area contributed by atoms with Gasteiger partial charge in [0.15, 0.2) is 5.78 Å². The Morgan fingerprint density at radius 3 is 2.17 bits per heavy atom. The SMILES string of the molecule is CCC(CC)(c1ccc(OCC(=O)C(C)(C)C)c(C)c1)c1cc(C)c(C(=O)NCCS(C)(=O)=O)s1. The molecule has 0 fully saturated rings. The van der Waals surface area contributed by atoms with Crippen molar-refractivity contribution in [1.82, 2.24) is 5.32 Å². The fourth-order valence-electron chi connectivity index (χ4n) is 3.99. The van der Waals surface area contributed by atoms with Gasteiger partial charge >= 0.3 is 0 Å². The first-order valence-corrected chi connectivity index (χ1v) is 14.9. The Labute approximate surface area is 214 Å². The van der Waals surface area contributed by atoms with Gasteiger partial charge in [-0.1, -0.05) is 46.8 Å². The number of carbonyl (C=O) groups is 2. The number of thiophene rings is 1. The summed E-state index contributed by atoms with van der Waals surface area (Å²) in [6, 6.07) is 8.17. The van der Waals surface area contributed by atoms with Gasteiger partial charge in [0.25, 0.3) is 5.91 Å². The summed E-state index contributed by atoms with van der Waals surface area (Å²) in [6.07, 6.45) is 2.85. The van der Waals surface area contributed by atoms with Crippen molar-refractivity contribution in [2.75, 3.05) is 25.2 Å². The molecular weight excluding hydrogens is 482 g/mol. The molecule has 0 unspecified atom stereocenters. The van der Waals surface area contributed by atoms with Gasteiger partial charge in [-0.05, 0) is 55.5 Å². The van der Waals surface area contributed by atoms with Gasteiger partial charge in [0.1, 0.15) is 22.2 Å². The maximum absolute atomic E-state index is 12.8. The number of rotatable bonds is 11. The third-order valence-electron chi connectivity index (χ3n) is 6.48. The molecule has 1 aromatic carbocycles. The Hall–Kier alpha value is -2.19. The number of ether oxygens (including phenoxy) is 1. The minimum absolute atomic E-state index is 0.0400. The number of nitrogens with one attached hydrogen (secondary N) is 1. The maximum atomic E-state index is 12.8. The largest absolute Gasteiger partial charge is 0.486 e. The third-order valence-corrected chi connectivity index (χ3v) is 8.87. The molecule has 0 atom stereocenters. The summed E-state index contributed by atoms with van der Waals surface area (Å²) in [5.41, 5.74) is 2.26. The summed E-state index contributed by atoms with van der Waals surface area (Å²) in [4.78, 5) is 26.7. The van der Waals surface area contributed by atoms with Crippen molar-refractivity contribution in [3.63, 3.8) is 0 Å². The Kier molecular flexibility index (Phi) is 9.33. The molecule has 2 aromatic rings. The normalized spacial score (nSPS) is 12.5. The molecule has 0 saturated carbocycles. The van der Waals surface area contributed by atoms with Gasteiger partial charge in [-0.15, -0.1) is 11.3 Å². The van der Waals surface area contributed by atoms with Crippen LogP contribution in [-0.4, -0.2) is 45.3 Å². The van der Waals surface area contributed by atoms with Crippen molar-refractivity contribution in [2.45, 2.75) is 66.7 Å². The standard InChI is InChI=1S/C27H39NO5S2/c1-9-27(10-2,20-11-12-21(18(3)15-20)33-17-22(29)26(5,6)7)23-16-19(4)24(34-23)25(30)28-13-14-35(8,31)32/h11-12,15-16H,9-10,13-14,17H2,1-8H3,(H,28,30). The quantitative estimate of drug-likeness (QED) is 0.437. The highest BCUT2D eigenvalue weighted by molar-refractivity contribution is 7.90. The van der Waals surface area contributed by atoms with Gasteiger partial charge in [-0.2, -0.15) is 0 Å². The summed E-state index contributed by atoms with van der Waals surface area (Å²) in [6.45, 7) is 14.0. The van der Waals surface area contributed by atoms with Crippen molar-refractivity contribution in [1.29, 1.82) is 0 Å². The van der Waals surface area contributed by atoms with Crippen molar-refractivity contribution in [3.05, 3.63) is 50.7 Å². The molecule has 0 aliphatic rings. The minimum Gasteiger partial charge on any atom is -0.486 e. The van der Waals surface area contributed by atoms with Gasteiger partial charge in [0, 0.05) is 28.5 Å². The van der Waals surface area contributed by atoms with E-state index >= 15 is 0 Å². The number of Topliss-reactive ketones (excluding diaryl/α,β-unsaturated/α-hetero) is 1. The van der Waals surface area contributed by atoms with Crippen LogP contribution in [0.1, 0.15) is 78.7 Å². The van der Waals surface area contributed by atoms with Crippen molar-refractivity contribution in [3.8, 4) is 5.75 Å². The second kappa shape index (κ2) is 11.2. The molecule has 194 valence electrons. The zero-order valence-corrected chi connectivity index (χ0v) is 23.8. The highest BCUT2D eigenvalue weighted by atomic mass is 32.2. The summed E-state index contributed by atoms with van der Waals surface area (Å²) in [7, 11) is -3.14. The highest BCUT2D eigenvalue weighted by Gasteiger charge is 2.34. The van der Waals surface area contributed by atoms with Crippen LogP contribution in [-0.2, 0) is 20.0 Å². The number of carbonyl (C=O) groups excluding carboxylic acids is 2. The molecule has 0 radical (unpaired) electrons. The molecule has 2 rings (SSSR count). The van der Waals surface area contributed by atoms with Crippen molar-refractivity contribution in [2.24, 2.45) is 5.41 Å². The molecular formula is C27H39NO5S2. The van der Waals surface area contributed by atoms with Crippen LogP contribution in [0, 0.1) is 19.3 Å². The van der Waals surface area contributed by atoms with E-state index in [1.807, 2.05) is 40.7 Å². The first kappa shape index (κ1) is 29.0. The monoisotopic (exact) mass is 521 g/mol. The summed E-state index contributed by atoms with van der Waals surface area (Å²) in [5.74, 6) is 0.417. The topological polar surface area (TPSA) is 89.5 Å². The van der Waals surface area contributed by atoms with Crippen LogP contribution in [0.3, 0.4) is 0 Å². The first-order chi connectivity index (χ1) is 16.1. The predicted octanol–water partition coefficient (Wildman–Crippen LogP) is 5.24. The molecule has 6 nitrogen and oxygen atoms in total. The number of amides is 1. The van der Waals surface area contributed by atoms with E-state index in [2.05, 4.69) is 37.4 Å². The average molecular weight is 522 g/mol. The van der Waals surface area contributed by atoms with E-state index in [0.717, 1.165) is 40.7 Å². The van der Waals surface area contributed by atoms with E-state index in [1.54, 1.807) is 0 Å². The van der Waals surface area contributed by atoms with Gasteiger partial charge in [-0.25, -0.2) is 8.42 Å². The first-order valence-electron chi connectivity index (χ1n) is 12.0. The smallest absolute Gasteiger partial charge is 0.261 e. The highest BCUT2D eigenvalue weighted by Crippen LogP contribution is 2.44. The molecule has 1 aromatic heterocycles. The molecule has 8 heteroatoms. The molecule has 0 saturated heterocycles. The minimum atomic E-state index is -3.14. The third kappa shape index (κ3) is 7.17. The van der Waals surface area contributed by atoms with Gasteiger partial charge in [-0.3, -0.25) is 9.59 Å². The lowest BCUT2D eigenvalue weighted by molar-refractivity contribution is -0.128. The second-order valence-electron chi connectivity index (χ2n) is 10.2. The fraction of sp³-hybridized carbons (Fsp3) is 0.556. The van der Waals surface area contributed by atoms with Crippen LogP contribution in [0.4, 0.5) is 0 Å². The number of ketones is 1. The fourth-order valence-corrected chi connectivity index (χ4v) is 5.91. The van der Waals surface area contributed by atoms with Crippen LogP contribution in [0.2, 0.25) is 0 Å². The van der Waals surface area contributed by atoms with E-state index in [4.69, 9.17) is 4.74 Å². The molecule has 35 heavy (non-hydrogen) atoms. The molecule has 1 N–H and O–H groups in total. The molecule has 0 spiro atoms. The van der Waals surface area contributed by atoms with Crippen LogP contribution in [0.15, 0.2) is 24.3 Å². The van der Waals surface area contributed by atoms with Gasteiger partial charge in [0.05, 0.1) is 10.6 Å². The number of hydrogen-bond acceptors (Lipinski definition) is 6. The lowest BCUT2D eigenvalue weighted by atomic mass is 9.74. The molecule has 1 amide bonds. The number of hydrogen-bond donors (Lipinski definition) is 1. The number of sulfone groups is 1. The Morgan fingerprint density at radius 2 is 1.66 bits per heavy atom. The van der Waals surface area contributed by atoms with E-state index in [-0.39, 0.29) is 36.0 Å². The maximum Gasteiger partial charge on any atom is 0.261 e. The Bertz CT molecular complexity index is 1170. The van der Waals surface area contributed by atoms with Crippen LogP contribution < -0.4 is 10.1 Å². The lowest BCUT2D eigenvalue weighted by Gasteiger charge is -2.32. The lowest BCUT2D eigenvalue weighted by Crippen LogP contribution is -2.28.